The minimum atomic E-state index is -3.74. The molecule has 112 valence electrons. The van der Waals surface area contributed by atoms with Crippen LogP contribution in [0.5, 0.6) is 5.75 Å². The van der Waals surface area contributed by atoms with Gasteiger partial charge in [-0.15, -0.1) is 0 Å². The summed E-state index contributed by atoms with van der Waals surface area (Å²) in [5, 5.41) is 18.0. The molecule has 0 amide bonds. The van der Waals surface area contributed by atoms with Gasteiger partial charge >= 0.3 is 0 Å². The Morgan fingerprint density at radius 3 is 2.62 bits per heavy atom. The number of phenols is 1. The fraction of sp³-hybridized carbons (Fsp3) is 0.143. The lowest BCUT2D eigenvalue weighted by Crippen LogP contribution is -2.13. The lowest BCUT2D eigenvalue weighted by molar-refractivity contribution is 0.469. The molecule has 7 heteroatoms. The number of nitrogens with two attached hydrogens (primary N) is 1. The average molecular weight is 371 g/mol. The highest BCUT2D eigenvalue weighted by Gasteiger charge is 2.10. The number of hydrogen-bond acceptors (Lipinski definition) is 4. The second-order valence-corrected chi connectivity index (χ2v) is 7.13. The highest BCUT2D eigenvalue weighted by atomic mass is 79.9. The predicted molar refractivity (Wildman–Crippen MR) is 85.7 cm³/mol. The maximum absolute atomic E-state index is 11.4. The summed E-state index contributed by atoms with van der Waals surface area (Å²) in [4.78, 5) is 0.0501. The Kier molecular flexibility index (Phi) is 4.55. The van der Waals surface area contributed by atoms with Crippen LogP contribution in [-0.2, 0) is 16.6 Å². The van der Waals surface area contributed by atoms with Crippen molar-refractivity contribution in [3.63, 3.8) is 0 Å². The molecule has 2 aromatic carbocycles. The third kappa shape index (κ3) is 3.96. The molecule has 5 nitrogen and oxygen atoms in total. The van der Waals surface area contributed by atoms with E-state index >= 15 is 0 Å². The van der Waals surface area contributed by atoms with Crippen LogP contribution in [-0.4, -0.2) is 13.5 Å². The maximum atomic E-state index is 11.4. The van der Waals surface area contributed by atoms with E-state index in [0.717, 1.165) is 10.0 Å². The van der Waals surface area contributed by atoms with Gasteiger partial charge in [0.05, 0.1) is 4.90 Å². The average Bonchev–Trinajstić information content (AvgIpc) is 2.40. The molecular formula is C14H15BrN2O3S. The van der Waals surface area contributed by atoms with Gasteiger partial charge in [-0.25, -0.2) is 13.6 Å². The summed E-state index contributed by atoms with van der Waals surface area (Å²) in [5.41, 5.74) is 2.24. The van der Waals surface area contributed by atoms with E-state index in [1.54, 1.807) is 24.3 Å². The molecule has 2 aromatic rings. The van der Waals surface area contributed by atoms with E-state index in [1.807, 2.05) is 6.92 Å². The minimum absolute atomic E-state index is 0.0501. The predicted octanol–water partition coefficient (Wildman–Crippen LogP) is 2.72. The van der Waals surface area contributed by atoms with Crippen LogP contribution < -0.4 is 10.5 Å². The number of sulfonamides is 1. The molecule has 0 saturated carbocycles. The third-order valence-corrected chi connectivity index (χ3v) is 4.45. The molecular weight excluding hydrogens is 356 g/mol. The Balaban J connectivity index is 2.26. The number of halogens is 1. The molecule has 0 bridgehead atoms. The van der Waals surface area contributed by atoms with Gasteiger partial charge in [0, 0.05) is 22.3 Å². The van der Waals surface area contributed by atoms with E-state index in [1.165, 1.54) is 12.1 Å². The Morgan fingerprint density at radius 2 is 1.95 bits per heavy atom. The van der Waals surface area contributed by atoms with Crippen molar-refractivity contribution >= 4 is 31.6 Å². The molecule has 0 aliphatic carbocycles. The summed E-state index contributed by atoms with van der Waals surface area (Å²) in [6, 6.07) is 9.76. The summed E-state index contributed by atoms with van der Waals surface area (Å²) in [6.45, 7) is 2.22. The number of aryl methyl sites for hydroxylation is 1. The Labute approximate surface area is 132 Å². The summed E-state index contributed by atoms with van der Waals surface area (Å²) < 4.78 is 23.6. The first-order chi connectivity index (χ1) is 9.77. The molecule has 2 rings (SSSR count). The monoisotopic (exact) mass is 370 g/mol. The lowest BCUT2D eigenvalue weighted by Gasteiger charge is -2.12. The zero-order valence-electron chi connectivity index (χ0n) is 11.3. The summed E-state index contributed by atoms with van der Waals surface area (Å²) in [5.74, 6) is 0.172. The fourth-order valence-corrected chi connectivity index (χ4v) is 2.80. The Bertz CT molecular complexity index is 776. The molecule has 0 aromatic heterocycles. The molecule has 0 fully saturated rings. The number of rotatable bonds is 4. The lowest BCUT2D eigenvalue weighted by atomic mass is 10.1. The molecule has 0 aliphatic heterocycles. The Morgan fingerprint density at radius 1 is 1.24 bits per heavy atom. The normalized spacial score (nSPS) is 11.4. The summed E-state index contributed by atoms with van der Waals surface area (Å²) in [6.07, 6.45) is 0. The van der Waals surface area contributed by atoms with Crippen LogP contribution in [0.15, 0.2) is 45.8 Å². The zero-order valence-corrected chi connectivity index (χ0v) is 13.7. The molecule has 0 saturated heterocycles. The van der Waals surface area contributed by atoms with Crippen molar-refractivity contribution in [2.45, 2.75) is 18.4 Å². The Hall–Kier alpha value is -1.57. The van der Waals surface area contributed by atoms with Gasteiger partial charge in [0.2, 0.25) is 10.0 Å². The van der Waals surface area contributed by atoms with Crippen LogP contribution >= 0.6 is 15.9 Å². The maximum Gasteiger partial charge on any atom is 0.238 e. The number of hydrogen-bond donors (Lipinski definition) is 3. The van der Waals surface area contributed by atoms with Gasteiger partial charge in [0.1, 0.15) is 5.75 Å². The first-order valence-electron chi connectivity index (χ1n) is 6.12. The number of anilines is 1. The van der Waals surface area contributed by atoms with Gasteiger partial charge in [0.15, 0.2) is 0 Å². The number of nitrogens with one attached hydrogen (secondary N) is 1. The van der Waals surface area contributed by atoms with Gasteiger partial charge in [-0.2, -0.15) is 0 Å². The molecule has 0 aliphatic rings. The van der Waals surface area contributed by atoms with E-state index in [0.29, 0.717) is 17.8 Å². The van der Waals surface area contributed by atoms with Gasteiger partial charge in [-0.3, -0.25) is 0 Å². The number of primary sulfonamides is 1. The zero-order chi connectivity index (χ0) is 15.6. The quantitative estimate of drug-likeness (QED) is 0.771. The van der Waals surface area contributed by atoms with Crippen molar-refractivity contribution in [3.05, 3.63) is 52.0 Å². The van der Waals surface area contributed by atoms with Crippen molar-refractivity contribution in [3.8, 4) is 5.75 Å². The second kappa shape index (κ2) is 6.05. The fourth-order valence-electron chi connectivity index (χ4n) is 1.85. The molecule has 21 heavy (non-hydrogen) atoms. The number of phenolic OH excluding ortho intramolecular Hbond substituents is 1. The van der Waals surface area contributed by atoms with Crippen molar-refractivity contribution in [1.29, 1.82) is 0 Å². The molecule has 4 N–H and O–H groups in total. The molecule has 0 spiro atoms. The standard InChI is InChI=1S/C14H15BrN2O3S/c1-9-2-4-12(21(16,19)20)7-13(9)17-8-10-6-11(15)3-5-14(10)18/h2-7,17-18H,8H2,1H3,(H2,16,19,20). The van der Waals surface area contributed by atoms with Crippen LogP contribution in [0.3, 0.4) is 0 Å². The third-order valence-electron chi connectivity index (χ3n) is 3.05. The highest BCUT2D eigenvalue weighted by molar-refractivity contribution is 9.10. The first kappa shape index (κ1) is 15.8. The van der Waals surface area contributed by atoms with Gasteiger partial charge in [0.25, 0.3) is 0 Å². The number of benzene rings is 2. The van der Waals surface area contributed by atoms with E-state index in [9.17, 15) is 13.5 Å². The van der Waals surface area contributed by atoms with Crippen LogP contribution in [0.2, 0.25) is 0 Å². The van der Waals surface area contributed by atoms with Crippen molar-refractivity contribution in [1.82, 2.24) is 0 Å². The van der Waals surface area contributed by atoms with E-state index in [4.69, 9.17) is 5.14 Å². The molecule has 0 radical (unpaired) electrons. The van der Waals surface area contributed by atoms with Crippen LogP contribution in [0.1, 0.15) is 11.1 Å². The second-order valence-electron chi connectivity index (χ2n) is 4.65. The van der Waals surface area contributed by atoms with E-state index in [-0.39, 0.29) is 10.6 Å². The van der Waals surface area contributed by atoms with Crippen LogP contribution in [0.25, 0.3) is 0 Å². The molecule has 0 heterocycles. The summed E-state index contributed by atoms with van der Waals surface area (Å²) in [7, 11) is -3.74. The van der Waals surface area contributed by atoms with Crippen molar-refractivity contribution < 1.29 is 13.5 Å². The largest absolute Gasteiger partial charge is 0.508 e. The SMILES string of the molecule is Cc1ccc(S(N)(=O)=O)cc1NCc1cc(Br)ccc1O. The van der Waals surface area contributed by atoms with Crippen molar-refractivity contribution in [2.24, 2.45) is 5.14 Å². The molecule has 0 unspecified atom stereocenters. The highest BCUT2D eigenvalue weighted by Crippen LogP contribution is 2.25. The minimum Gasteiger partial charge on any atom is -0.508 e. The van der Waals surface area contributed by atoms with Gasteiger partial charge in [-0.1, -0.05) is 22.0 Å². The topological polar surface area (TPSA) is 92.4 Å². The summed E-state index contributed by atoms with van der Waals surface area (Å²) >= 11 is 3.34. The van der Waals surface area contributed by atoms with Gasteiger partial charge in [-0.05, 0) is 42.8 Å². The molecule has 0 atom stereocenters. The van der Waals surface area contributed by atoms with E-state index < -0.39 is 10.0 Å². The first-order valence-corrected chi connectivity index (χ1v) is 8.46. The van der Waals surface area contributed by atoms with Crippen LogP contribution in [0, 0.1) is 6.92 Å². The van der Waals surface area contributed by atoms with Gasteiger partial charge < -0.3 is 10.4 Å². The smallest absolute Gasteiger partial charge is 0.238 e. The van der Waals surface area contributed by atoms with Crippen LogP contribution in [0.4, 0.5) is 5.69 Å². The van der Waals surface area contributed by atoms with Crippen molar-refractivity contribution in [2.75, 3.05) is 5.32 Å². The van der Waals surface area contributed by atoms with E-state index in [2.05, 4.69) is 21.2 Å². The number of aromatic hydroxyl groups is 1.